The number of hydrogen-bond acceptors (Lipinski definition) is 4. The summed E-state index contributed by atoms with van der Waals surface area (Å²) in [5.74, 6) is -0.106. The van der Waals surface area contributed by atoms with Crippen molar-refractivity contribution in [3.63, 3.8) is 0 Å². The second-order valence-electron chi connectivity index (χ2n) is 6.14. The maximum Gasteiger partial charge on any atom is 0.224 e. The standard InChI is InChI=1S/C19H19N5O/c1-13(2)24-19-16(11-22-24)9-17(12-21-19)23-18(25)8-7-14-5-3-4-6-15(14)10-20/h3-6,9,11-13H,7-8H2,1-2H3,(H,23,25). The molecule has 0 spiro atoms. The number of aromatic nitrogens is 3. The maximum atomic E-state index is 12.2. The zero-order valence-corrected chi connectivity index (χ0v) is 14.2. The van der Waals surface area contributed by atoms with Crippen molar-refractivity contribution in [2.24, 2.45) is 0 Å². The van der Waals surface area contributed by atoms with E-state index in [9.17, 15) is 4.79 Å². The molecule has 1 N–H and O–H groups in total. The number of carbonyl (C=O) groups is 1. The highest BCUT2D eigenvalue weighted by atomic mass is 16.1. The zero-order chi connectivity index (χ0) is 17.8. The molecule has 3 rings (SSSR count). The summed E-state index contributed by atoms with van der Waals surface area (Å²) < 4.78 is 1.85. The monoisotopic (exact) mass is 333 g/mol. The predicted molar refractivity (Wildman–Crippen MR) is 96.0 cm³/mol. The lowest BCUT2D eigenvalue weighted by Crippen LogP contribution is -2.13. The number of amides is 1. The highest BCUT2D eigenvalue weighted by molar-refractivity contribution is 5.92. The van der Waals surface area contributed by atoms with Crippen LogP contribution in [0, 0.1) is 11.3 Å². The van der Waals surface area contributed by atoms with Gasteiger partial charge in [-0.2, -0.15) is 10.4 Å². The van der Waals surface area contributed by atoms with Gasteiger partial charge in [-0.25, -0.2) is 9.67 Å². The van der Waals surface area contributed by atoms with Gasteiger partial charge in [-0.1, -0.05) is 18.2 Å². The van der Waals surface area contributed by atoms with E-state index in [-0.39, 0.29) is 11.9 Å². The van der Waals surface area contributed by atoms with Gasteiger partial charge in [0.25, 0.3) is 0 Å². The van der Waals surface area contributed by atoms with Crippen LogP contribution in [0.3, 0.4) is 0 Å². The van der Waals surface area contributed by atoms with Crippen LogP contribution >= 0.6 is 0 Å². The fourth-order valence-electron chi connectivity index (χ4n) is 2.71. The van der Waals surface area contributed by atoms with Crippen LogP contribution in [-0.2, 0) is 11.2 Å². The first kappa shape index (κ1) is 16.7. The lowest BCUT2D eigenvalue weighted by molar-refractivity contribution is -0.116. The molecule has 0 saturated carbocycles. The number of aryl methyl sites for hydroxylation is 1. The summed E-state index contributed by atoms with van der Waals surface area (Å²) in [6, 6.07) is 11.6. The van der Waals surface area contributed by atoms with E-state index in [1.807, 2.05) is 42.8 Å². The first-order valence-electron chi connectivity index (χ1n) is 8.19. The normalized spacial score (nSPS) is 10.8. The third-order valence-electron chi connectivity index (χ3n) is 3.97. The largest absolute Gasteiger partial charge is 0.325 e. The maximum absolute atomic E-state index is 12.2. The highest BCUT2D eigenvalue weighted by Gasteiger charge is 2.10. The van der Waals surface area contributed by atoms with Crippen molar-refractivity contribution in [2.75, 3.05) is 5.32 Å². The van der Waals surface area contributed by atoms with Gasteiger partial charge < -0.3 is 5.32 Å². The molecular weight excluding hydrogens is 314 g/mol. The first-order chi connectivity index (χ1) is 12.1. The number of hydrogen-bond donors (Lipinski definition) is 1. The summed E-state index contributed by atoms with van der Waals surface area (Å²) in [7, 11) is 0. The molecule has 6 heteroatoms. The number of nitrogens with one attached hydrogen (secondary N) is 1. The molecule has 25 heavy (non-hydrogen) atoms. The Morgan fingerprint density at radius 1 is 1.32 bits per heavy atom. The van der Waals surface area contributed by atoms with E-state index in [0.717, 1.165) is 16.6 Å². The summed E-state index contributed by atoms with van der Waals surface area (Å²) in [4.78, 5) is 16.6. The van der Waals surface area contributed by atoms with Gasteiger partial charge in [0.15, 0.2) is 5.65 Å². The summed E-state index contributed by atoms with van der Waals surface area (Å²) in [5.41, 5.74) is 2.94. The molecule has 1 amide bonds. The number of fused-ring (bicyclic) bond motifs is 1. The van der Waals surface area contributed by atoms with E-state index >= 15 is 0 Å². The first-order valence-corrected chi connectivity index (χ1v) is 8.19. The molecule has 126 valence electrons. The van der Waals surface area contributed by atoms with Gasteiger partial charge in [-0.3, -0.25) is 4.79 Å². The lowest BCUT2D eigenvalue weighted by Gasteiger charge is -2.08. The number of nitrogens with zero attached hydrogens (tertiary/aromatic N) is 4. The van der Waals surface area contributed by atoms with Crippen molar-refractivity contribution >= 4 is 22.6 Å². The minimum atomic E-state index is -0.106. The second-order valence-corrected chi connectivity index (χ2v) is 6.14. The Morgan fingerprint density at radius 3 is 2.88 bits per heavy atom. The van der Waals surface area contributed by atoms with Crippen molar-refractivity contribution < 1.29 is 4.79 Å². The molecule has 2 heterocycles. The Hall–Kier alpha value is -3.20. The fraction of sp³-hybridized carbons (Fsp3) is 0.263. The Balaban J connectivity index is 1.67. The average Bonchev–Trinajstić information content (AvgIpc) is 3.03. The molecular formula is C19H19N5O. The molecule has 0 bridgehead atoms. The minimum absolute atomic E-state index is 0.106. The molecule has 1 aromatic carbocycles. The average molecular weight is 333 g/mol. The van der Waals surface area contributed by atoms with Crippen LogP contribution in [0.1, 0.15) is 37.4 Å². The smallest absolute Gasteiger partial charge is 0.224 e. The summed E-state index contributed by atoms with van der Waals surface area (Å²) in [6.07, 6.45) is 4.23. The molecule has 0 radical (unpaired) electrons. The Labute approximate surface area is 146 Å². The Morgan fingerprint density at radius 2 is 2.12 bits per heavy atom. The molecule has 0 fully saturated rings. The number of rotatable bonds is 5. The van der Waals surface area contributed by atoms with Gasteiger partial charge in [0.1, 0.15) is 0 Å². The van der Waals surface area contributed by atoms with Crippen LogP contribution < -0.4 is 5.32 Å². The van der Waals surface area contributed by atoms with Crippen LogP contribution in [0.25, 0.3) is 11.0 Å². The van der Waals surface area contributed by atoms with Crippen LogP contribution in [0.5, 0.6) is 0 Å². The van der Waals surface area contributed by atoms with E-state index in [0.29, 0.717) is 24.1 Å². The number of pyridine rings is 1. The van der Waals surface area contributed by atoms with Crippen molar-refractivity contribution in [3.8, 4) is 6.07 Å². The van der Waals surface area contributed by atoms with Crippen molar-refractivity contribution in [2.45, 2.75) is 32.7 Å². The quantitative estimate of drug-likeness (QED) is 0.775. The highest BCUT2D eigenvalue weighted by Crippen LogP contribution is 2.19. The van der Waals surface area contributed by atoms with Gasteiger partial charge in [-0.15, -0.1) is 0 Å². The van der Waals surface area contributed by atoms with E-state index in [4.69, 9.17) is 5.26 Å². The molecule has 0 aliphatic heterocycles. The number of nitriles is 1. The summed E-state index contributed by atoms with van der Waals surface area (Å²) in [6.45, 7) is 4.09. The van der Waals surface area contributed by atoms with Crippen LogP contribution in [0.2, 0.25) is 0 Å². The fourth-order valence-corrected chi connectivity index (χ4v) is 2.71. The van der Waals surface area contributed by atoms with Gasteiger partial charge in [0.05, 0.1) is 29.7 Å². The molecule has 2 aromatic heterocycles. The number of anilines is 1. The van der Waals surface area contributed by atoms with Gasteiger partial charge >= 0.3 is 0 Å². The van der Waals surface area contributed by atoms with Crippen LogP contribution in [-0.4, -0.2) is 20.7 Å². The predicted octanol–water partition coefficient (Wildman–Crippen LogP) is 3.46. The molecule has 0 atom stereocenters. The van der Waals surface area contributed by atoms with Crippen molar-refractivity contribution in [1.82, 2.24) is 14.8 Å². The minimum Gasteiger partial charge on any atom is -0.325 e. The molecule has 6 nitrogen and oxygen atoms in total. The van der Waals surface area contributed by atoms with Gasteiger partial charge in [0, 0.05) is 17.8 Å². The third-order valence-corrected chi connectivity index (χ3v) is 3.97. The lowest BCUT2D eigenvalue weighted by atomic mass is 10.0. The molecule has 3 aromatic rings. The summed E-state index contributed by atoms with van der Waals surface area (Å²) >= 11 is 0. The summed E-state index contributed by atoms with van der Waals surface area (Å²) in [5, 5.41) is 17.2. The van der Waals surface area contributed by atoms with E-state index in [1.54, 1.807) is 18.5 Å². The zero-order valence-electron chi connectivity index (χ0n) is 14.2. The van der Waals surface area contributed by atoms with E-state index < -0.39 is 0 Å². The van der Waals surface area contributed by atoms with Crippen molar-refractivity contribution in [1.29, 1.82) is 5.26 Å². The molecule has 0 unspecified atom stereocenters. The third kappa shape index (κ3) is 3.66. The van der Waals surface area contributed by atoms with E-state index in [1.165, 1.54) is 0 Å². The topological polar surface area (TPSA) is 83.6 Å². The van der Waals surface area contributed by atoms with Crippen LogP contribution in [0.4, 0.5) is 5.69 Å². The second kappa shape index (κ2) is 7.14. The van der Waals surface area contributed by atoms with Crippen LogP contribution in [0.15, 0.2) is 42.7 Å². The number of carbonyl (C=O) groups excluding carboxylic acids is 1. The van der Waals surface area contributed by atoms with Gasteiger partial charge in [0.2, 0.25) is 5.91 Å². The number of benzene rings is 1. The van der Waals surface area contributed by atoms with Gasteiger partial charge in [-0.05, 0) is 38.0 Å². The SMILES string of the molecule is CC(C)n1ncc2cc(NC(=O)CCc3ccccc3C#N)cnc21. The molecule has 0 saturated heterocycles. The van der Waals surface area contributed by atoms with E-state index in [2.05, 4.69) is 21.5 Å². The Bertz CT molecular complexity index is 952. The molecule has 0 aliphatic rings. The van der Waals surface area contributed by atoms with Crippen molar-refractivity contribution in [3.05, 3.63) is 53.9 Å². The Kier molecular flexibility index (Phi) is 4.75. The molecule has 0 aliphatic carbocycles.